The van der Waals surface area contributed by atoms with Gasteiger partial charge in [0.2, 0.25) is 0 Å². The number of carbonyl (C=O) groups excluding carboxylic acids is 1. The molecule has 1 aliphatic rings. The number of methoxy groups -OCH3 is 1. The Bertz CT molecular complexity index is 748. The molecule has 3 rings (SSSR count). The van der Waals surface area contributed by atoms with Gasteiger partial charge in [0.1, 0.15) is 6.17 Å². The normalized spacial score (nSPS) is 17.0. The molecule has 2 aromatic carbocycles. The van der Waals surface area contributed by atoms with Gasteiger partial charge in [-0.2, -0.15) is 0 Å². The molecule has 22 heavy (non-hydrogen) atoms. The van der Waals surface area contributed by atoms with E-state index in [2.05, 4.69) is 21.2 Å². The molecule has 114 valence electrons. The van der Waals surface area contributed by atoms with Gasteiger partial charge < -0.3 is 20.1 Å². The van der Waals surface area contributed by atoms with Crippen LogP contribution >= 0.6 is 15.9 Å². The van der Waals surface area contributed by atoms with Crippen LogP contribution in [0.25, 0.3) is 0 Å². The predicted octanol–water partition coefficient (Wildman–Crippen LogP) is 3.04. The van der Waals surface area contributed by atoms with Crippen molar-refractivity contribution < 1.29 is 14.6 Å². The third-order valence-electron chi connectivity index (χ3n) is 3.78. The number of fused-ring (bicyclic) bond motifs is 1. The lowest BCUT2D eigenvalue weighted by Gasteiger charge is -2.37. The van der Waals surface area contributed by atoms with Crippen molar-refractivity contribution >= 4 is 27.5 Å². The number of nitrogens with one attached hydrogen (secondary N) is 1. The molecule has 0 spiro atoms. The number of hydrogen-bond donors (Lipinski definition) is 2. The first kappa shape index (κ1) is 14.7. The van der Waals surface area contributed by atoms with Gasteiger partial charge in [-0.3, -0.25) is 4.79 Å². The van der Waals surface area contributed by atoms with Gasteiger partial charge in [0.15, 0.2) is 11.5 Å². The summed E-state index contributed by atoms with van der Waals surface area (Å²) in [4.78, 5) is 14.3. The Morgan fingerprint density at radius 1 is 1.32 bits per heavy atom. The van der Waals surface area contributed by atoms with E-state index in [-0.39, 0.29) is 17.8 Å². The van der Waals surface area contributed by atoms with E-state index in [4.69, 9.17) is 4.74 Å². The molecule has 2 N–H and O–H groups in total. The zero-order valence-electron chi connectivity index (χ0n) is 12.1. The molecule has 0 saturated carbocycles. The van der Waals surface area contributed by atoms with Crippen molar-refractivity contribution in [3.8, 4) is 11.5 Å². The first-order valence-electron chi connectivity index (χ1n) is 6.72. The van der Waals surface area contributed by atoms with Gasteiger partial charge >= 0.3 is 0 Å². The van der Waals surface area contributed by atoms with E-state index >= 15 is 0 Å². The van der Waals surface area contributed by atoms with E-state index in [1.165, 1.54) is 7.11 Å². The molecule has 6 heteroatoms. The fourth-order valence-electron chi connectivity index (χ4n) is 2.63. The number of phenolic OH excluding ortho intramolecular Hbond substituents is 1. The van der Waals surface area contributed by atoms with Gasteiger partial charge in [-0.05, 0) is 24.3 Å². The summed E-state index contributed by atoms with van der Waals surface area (Å²) in [6, 6.07) is 10.7. The number of halogens is 1. The SMILES string of the molecule is COc1cc(Br)c([C@@H]2NC(=O)c3ccccc3N2C)cc1O. The summed E-state index contributed by atoms with van der Waals surface area (Å²) in [5.74, 6) is 0.268. The van der Waals surface area contributed by atoms with Crippen molar-refractivity contribution in [3.05, 3.63) is 52.0 Å². The number of nitrogens with zero attached hydrogens (tertiary/aromatic N) is 1. The van der Waals surface area contributed by atoms with E-state index < -0.39 is 0 Å². The van der Waals surface area contributed by atoms with Crippen molar-refractivity contribution in [1.29, 1.82) is 0 Å². The number of hydrogen-bond acceptors (Lipinski definition) is 4. The summed E-state index contributed by atoms with van der Waals surface area (Å²) in [6.07, 6.45) is -0.381. The van der Waals surface area contributed by atoms with Gasteiger partial charge in [-0.15, -0.1) is 0 Å². The molecule has 0 unspecified atom stereocenters. The molecule has 5 nitrogen and oxygen atoms in total. The summed E-state index contributed by atoms with van der Waals surface area (Å²) in [7, 11) is 3.39. The number of phenols is 1. The highest BCUT2D eigenvalue weighted by Gasteiger charge is 2.30. The maximum absolute atomic E-state index is 12.3. The smallest absolute Gasteiger partial charge is 0.255 e. The highest BCUT2D eigenvalue weighted by molar-refractivity contribution is 9.10. The molecule has 0 aromatic heterocycles. The lowest BCUT2D eigenvalue weighted by Crippen LogP contribution is -2.44. The Balaban J connectivity index is 2.07. The van der Waals surface area contributed by atoms with Crippen LogP contribution in [0.3, 0.4) is 0 Å². The zero-order chi connectivity index (χ0) is 15.9. The first-order valence-corrected chi connectivity index (χ1v) is 7.51. The van der Waals surface area contributed by atoms with E-state index in [1.807, 2.05) is 30.1 Å². The molecular weight excluding hydrogens is 348 g/mol. The van der Waals surface area contributed by atoms with Crippen LogP contribution in [0.1, 0.15) is 22.1 Å². The third kappa shape index (κ3) is 2.29. The van der Waals surface area contributed by atoms with E-state index in [1.54, 1.807) is 18.2 Å². The predicted molar refractivity (Wildman–Crippen MR) is 87.4 cm³/mol. The molecule has 1 aliphatic heterocycles. The Kier molecular flexibility index (Phi) is 3.70. The molecule has 0 fully saturated rings. The van der Waals surface area contributed by atoms with E-state index in [0.29, 0.717) is 11.3 Å². The van der Waals surface area contributed by atoms with Gasteiger partial charge in [-0.1, -0.05) is 28.1 Å². The fourth-order valence-corrected chi connectivity index (χ4v) is 3.17. The van der Waals surface area contributed by atoms with Crippen molar-refractivity contribution in [2.45, 2.75) is 6.17 Å². The zero-order valence-corrected chi connectivity index (χ0v) is 13.7. The molecule has 2 aromatic rings. The fraction of sp³-hybridized carbons (Fsp3) is 0.188. The minimum absolute atomic E-state index is 0.0298. The molecule has 0 aliphatic carbocycles. The van der Waals surface area contributed by atoms with Gasteiger partial charge in [0.05, 0.1) is 18.4 Å². The maximum atomic E-state index is 12.3. The first-order chi connectivity index (χ1) is 10.5. The largest absolute Gasteiger partial charge is 0.504 e. The average molecular weight is 363 g/mol. The standard InChI is InChI=1S/C16H15BrN2O3/c1-19-12-6-4-3-5-9(12)16(21)18-15(19)10-7-13(20)14(22-2)8-11(10)17/h3-8,15,20H,1-2H3,(H,18,21)/t15-/m1/s1. The van der Waals surface area contributed by atoms with Gasteiger partial charge in [-0.25, -0.2) is 0 Å². The second-order valence-corrected chi connectivity index (χ2v) is 5.90. The molecular formula is C16H15BrN2O3. The number of para-hydroxylation sites is 1. The van der Waals surface area contributed by atoms with Gasteiger partial charge in [0, 0.05) is 17.1 Å². The van der Waals surface area contributed by atoms with Crippen LogP contribution in [0.15, 0.2) is 40.9 Å². The highest BCUT2D eigenvalue weighted by atomic mass is 79.9. The summed E-state index contributed by atoms with van der Waals surface area (Å²) in [5.41, 5.74) is 2.23. The molecule has 1 atom stereocenters. The van der Waals surface area contributed by atoms with E-state index in [9.17, 15) is 9.90 Å². The number of amides is 1. The Morgan fingerprint density at radius 3 is 2.77 bits per heavy atom. The van der Waals surface area contributed by atoms with Gasteiger partial charge in [0.25, 0.3) is 5.91 Å². The molecule has 1 amide bonds. The third-order valence-corrected chi connectivity index (χ3v) is 4.46. The minimum Gasteiger partial charge on any atom is -0.504 e. The van der Waals surface area contributed by atoms with Crippen LogP contribution in [0.4, 0.5) is 5.69 Å². The summed E-state index contributed by atoms with van der Waals surface area (Å²) in [6.45, 7) is 0. The lowest BCUT2D eigenvalue weighted by atomic mass is 10.0. The lowest BCUT2D eigenvalue weighted by molar-refractivity contribution is 0.0928. The summed E-state index contributed by atoms with van der Waals surface area (Å²) >= 11 is 3.48. The topological polar surface area (TPSA) is 61.8 Å². The van der Waals surface area contributed by atoms with Crippen molar-refractivity contribution in [3.63, 3.8) is 0 Å². The van der Waals surface area contributed by atoms with Crippen LogP contribution in [-0.4, -0.2) is 25.2 Å². The second-order valence-electron chi connectivity index (χ2n) is 5.05. The van der Waals surface area contributed by atoms with Crippen LogP contribution in [0.2, 0.25) is 0 Å². The highest BCUT2D eigenvalue weighted by Crippen LogP contribution is 2.39. The molecule has 1 heterocycles. The van der Waals surface area contributed by atoms with Crippen LogP contribution in [-0.2, 0) is 0 Å². The van der Waals surface area contributed by atoms with Crippen molar-refractivity contribution in [2.24, 2.45) is 0 Å². The number of rotatable bonds is 2. The summed E-state index contributed by atoms with van der Waals surface area (Å²) in [5, 5.41) is 13.0. The Hall–Kier alpha value is -2.21. The number of ether oxygens (including phenoxy) is 1. The quantitative estimate of drug-likeness (QED) is 0.861. The Labute approximate surface area is 136 Å². The average Bonchev–Trinajstić information content (AvgIpc) is 2.53. The van der Waals surface area contributed by atoms with Crippen LogP contribution < -0.4 is 15.0 Å². The van der Waals surface area contributed by atoms with Crippen molar-refractivity contribution in [2.75, 3.05) is 19.1 Å². The molecule has 0 bridgehead atoms. The number of carbonyl (C=O) groups is 1. The van der Waals surface area contributed by atoms with E-state index in [0.717, 1.165) is 15.7 Å². The van der Waals surface area contributed by atoms with Crippen LogP contribution in [0, 0.1) is 0 Å². The monoisotopic (exact) mass is 362 g/mol. The van der Waals surface area contributed by atoms with Crippen molar-refractivity contribution in [1.82, 2.24) is 5.32 Å². The Morgan fingerprint density at radius 2 is 2.05 bits per heavy atom. The maximum Gasteiger partial charge on any atom is 0.255 e. The van der Waals surface area contributed by atoms with Crippen LogP contribution in [0.5, 0.6) is 11.5 Å². The molecule has 0 radical (unpaired) electrons. The number of anilines is 1. The summed E-state index contributed by atoms with van der Waals surface area (Å²) < 4.78 is 5.84. The second kappa shape index (κ2) is 5.53. The minimum atomic E-state index is -0.381. The number of aromatic hydroxyl groups is 1. The number of benzene rings is 2. The molecule has 0 saturated heterocycles.